The van der Waals surface area contributed by atoms with Gasteiger partial charge in [-0.1, -0.05) is 0 Å². The summed E-state index contributed by atoms with van der Waals surface area (Å²) in [5, 5.41) is 0. The Balaban J connectivity index is 1.53. The molecule has 1 aromatic heterocycles. The Morgan fingerprint density at radius 3 is 2.28 bits per heavy atom. The normalized spacial score (nSPS) is 19.6. The van der Waals surface area contributed by atoms with Crippen LogP contribution in [0.4, 0.5) is 0 Å². The third kappa shape index (κ3) is 4.03. The molecule has 0 bridgehead atoms. The molecule has 3 rings (SSSR count). The zero-order chi connectivity index (χ0) is 17.8. The minimum atomic E-state index is -0.00550. The van der Waals surface area contributed by atoms with Crippen molar-refractivity contribution in [2.75, 3.05) is 39.3 Å². The van der Waals surface area contributed by atoms with Crippen LogP contribution in [-0.2, 0) is 9.59 Å². The lowest BCUT2D eigenvalue weighted by Gasteiger charge is -2.33. The number of aromatic amines is 1. The third-order valence-electron chi connectivity index (χ3n) is 5.21. The van der Waals surface area contributed by atoms with Gasteiger partial charge >= 0.3 is 0 Å². The molecular weight excluding hydrogens is 320 g/mol. The summed E-state index contributed by atoms with van der Waals surface area (Å²) in [7, 11) is 0. The van der Waals surface area contributed by atoms with Crippen LogP contribution in [0.25, 0.3) is 0 Å². The fourth-order valence-corrected chi connectivity index (χ4v) is 3.67. The highest BCUT2D eigenvalue weighted by Gasteiger charge is 2.31. The molecule has 2 saturated heterocycles. The molecule has 2 aliphatic heterocycles. The van der Waals surface area contributed by atoms with Crippen LogP contribution in [0.15, 0.2) is 18.3 Å². The van der Waals surface area contributed by atoms with Gasteiger partial charge in [-0.05, 0) is 31.4 Å². The second-order valence-corrected chi connectivity index (χ2v) is 6.84. The molecule has 25 heavy (non-hydrogen) atoms. The summed E-state index contributed by atoms with van der Waals surface area (Å²) in [4.78, 5) is 45.1. The molecule has 1 aromatic rings. The first-order valence-corrected chi connectivity index (χ1v) is 9.03. The van der Waals surface area contributed by atoms with Crippen LogP contribution in [0.2, 0.25) is 0 Å². The van der Waals surface area contributed by atoms with Crippen molar-refractivity contribution in [3.8, 4) is 0 Å². The SMILES string of the molecule is CC(=O)N1CCC(C(=O)N2CCCN(C(=O)c3ccc[nH]3)CC2)CC1. The van der Waals surface area contributed by atoms with Gasteiger partial charge in [0.25, 0.3) is 5.91 Å². The van der Waals surface area contributed by atoms with Crippen LogP contribution in [-0.4, -0.2) is 76.7 Å². The average Bonchev–Trinajstić information content (AvgIpc) is 3.05. The first-order valence-electron chi connectivity index (χ1n) is 9.03. The van der Waals surface area contributed by atoms with Crippen molar-refractivity contribution in [3.05, 3.63) is 24.0 Å². The maximum atomic E-state index is 12.8. The number of carbonyl (C=O) groups excluding carboxylic acids is 3. The van der Waals surface area contributed by atoms with E-state index >= 15 is 0 Å². The van der Waals surface area contributed by atoms with E-state index in [4.69, 9.17) is 0 Å². The number of rotatable bonds is 2. The molecule has 0 spiro atoms. The number of nitrogens with one attached hydrogen (secondary N) is 1. The van der Waals surface area contributed by atoms with Crippen LogP contribution in [0, 0.1) is 5.92 Å². The van der Waals surface area contributed by atoms with Gasteiger partial charge in [-0.25, -0.2) is 0 Å². The van der Waals surface area contributed by atoms with Gasteiger partial charge in [0.2, 0.25) is 11.8 Å². The van der Waals surface area contributed by atoms with Crippen molar-refractivity contribution in [1.82, 2.24) is 19.7 Å². The molecule has 0 aromatic carbocycles. The number of piperidine rings is 1. The number of H-pyrrole nitrogens is 1. The van der Waals surface area contributed by atoms with Crippen molar-refractivity contribution in [2.24, 2.45) is 5.92 Å². The summed E-state index contributed by atoms with van der Waals surface area (Å²) in [6.45, 7) is 5.42. The molecule has 0 unspecified atom stereocenters. The second-order valence-electron chi connectivity index (χ2n) is 6.84. The molecule has 2 aliphatic rings. The molecule has 0 aliphatic carbocycles. The molecule has 2 fully saturated rings. The van der Waals surface area contributed by atoms with Crippen LogP contribution in [0.3, 0.4) is 0 Å². The van der Waals surface area contributed by atoms with Crippen molar-refractivity contribution in [2.45, 2.75) is 26.2 Å². The molecule has 0 atom stereocenters. The van der Waals surface area contributed by atoms with E-state index in [0.29, 0.717) is 45.0 Å². The predicted octanol–water partition coefficient (Wildman–Crippen LogP) is 0.948. The number of hydrogen-bond acceptors (Lipinski definition) is 3. The van der Waals surface area contributed by atoms with Crippen molar-refractivity contribution in [1.29, 1.82) is 0 Å². The number of hydrogen-bond donors (Lipinski definition) is 1. The van der Waals surface area contributed by atoms with E-state index in [1.807, 2.05) is 20.8 Å². The number of nitrogens with zero attached hydrogens (tertiary/aromatic N) is 3. The monoisotopic (exact) mass is 346 g/mol. The van der Waals surface area contributed by atoms with E-state index in [1.54, 1.807) is 19.2 Å². The molecule has 3 heterocycles. The van der Waals surface area contributed by atoms with Gasteiger partial charge in [0.05, 0.1) is 0 Å². The highest BCUT2D eigenvalue weighted by Crippen LogP contribution is 2.21. The first kappa shape index (κ1) is 17.5. The fraction of sp³-hybridized carbons (Fsp3) is 0.611. The van der Waals surface area contributed by atoms with E-state index in [1.165, 1.54) is 0 Å². The van der Waals surface area contributed by atoms with Gasteiger partial charge in [-0.15, -0.1) is 0 Å². The topological polar surface area (TPSA) is 76.7 Å². The molecule has 7 heteroatoms. The molecule has 0 radical (unpaired) electrons. The Labute approximate surface area is 148 Å². The molecule has 1 N–H and O–H groups in total. The molecule has 0 saturated carbocycles. The Morgan fingerprint density at radius 1 is 0.960 bits per heavy atom. The van der Waals surface area contributed by atoms with E-state index < -0.39 is 0 Å². The highest BCUT2D eigenvalue weighted by molar-refractivity contribution is 5.92. The minimum absolute atomic E-state index is 0.00117. The van der Waals surface area contributed by atoms with Crippen LogP contribution >= 0.6 is 0 Å². The predicted molar refractivity (Wildman–Crippen MR) is 92.9 cm³/mol. The van der Waals surface area contributed by atoms with Gasteiger partial charge in [0, 0.05) is 58.3 Å². The van der Waals surface area contributed by atoms with E-state index in [9.17, 15) is 14.4 Å². The largest absolute Gasteiger partial charge is 0.357 e. The van der Waals surface area contributed by atoms with Gasteiger partial charge in [0.15, 0.2) is 0 Å². The smallest absolute Gasteiger partial charge is 0.270 e. The number of likely N-dealkylation sites (tertiary alicyclic amines) is 1. The van der Waals surface area contributed by atoms with Gasteiger partial charge in [-0.3, -0.25) is 14.4 Å². The van der Waals surface area contributed by atoms with Crippen LogP contribution in [0.5, 0.6) is 0 Å². The van der Waals surface area contributed by atoms with E-state index in [0.717, 1.165) is 19.3 Å². The second kappa shape index (κ2) is 7.72. The third-order valence-corrected chi connectivity index (χ3v) is 5.21. The highest BCUT2D eigenvalue weighted by atomic mass is 16.2. The van der Waals surface area contributed by atoms with Gasteiger partial charge < -0.3 is 19.7 Å². The van der Waals surface area contributed by atoms with Crippen LogP contribution < -0.4 is 0 Å². The van der Waals surface area contributed by atoms with Crippen molar-refractivity contribution >= 4 is 17.7 Å². The lowest BCUT2D eigenvalue weighted by molar-refractivity contribution is -0.140. The molecule has 136 valence electrons. The summed E-state index contributed by atoms with van der Waals surface area (Å²) in [6, 6.07) is 3.59. The van der Waals surface area contributed by atoms with E-state index in [-0.39, 0.29) is 23.6 Å². The summed E-state index contributed by atoms with van der Waals surface area (Å²) in [5.74, 6) is 0.256. The number of carbonyl (C=O) groups is 3. The summed E-state index contributed by atoms with van der Waals surface area (Å²) in [6.07, 6.45) is 4.01. The summed E-state index contributed by atoms with van der Waals surface area (Å²) < 4.78 is 0. The average molecular weight is 346 g/mol. The minimum Gasteiger partial charge on any atom is -0.357 e. The van der Waals surface area contributed by atoms with Crippen molar-refractivity contribution < 1.29 is 14.4 Å². The summed E-state index contributed by atoms with van der Waals surface area (Å²) >= 11 is 0. The standard InChI is InChI=1S/C18H26N4O3/c1-14(23)20-10-5-15(6-11-20)17(24)21-8-3-9-22(13-12-21)18(25)16-4-2-7-19-16/h2,4,7,15,19H,3,5-6,8-13H2,1H3. The van der Waals surface area contributed by atoms with E-state index in [2.05, 4.69) is 4.98 Å². The lowest BCUT2D eigenvalue weighted by atomic mass is 9.95. The number of amides is 3. The Hall–Kier alpha value is -2.31. The Bertz CT molecular complexity index is 620. The van der Waals surface area contributed by atoms with Gasteiger partial charge in [-0.2, -0.15) is 0 Å². The lowest BCUT2D eigenvalue weighted by Crippen LogP contribution is -2.45. The number of aromatic nitrogens is 1. The Kier molecular flexibility index (Phi) is 5.40. The summed E-state index contributed by atoms with van der Waals surface area (Å²) in [5.41, 5.74) is 0.594. The Morgan fingerprint density at radius 2 is 1.64 bits per heavy atom. The maximum Gasteiger partial charge on any atom is 0.270 e. The first-order chi connectivity index (χ1) is 12.1. The van der Waals surface area contributed by atoms with Crippen molar-refractivity contribution in [3.63, 3.8) is 0 Å². The zero-order valence-electron chi connectivity index (χ0n) is 14.7. The molecule has 7 nitrogen and oxygen atoms in total. The quantitative estimate of drug-likeness (QED) is 0.866. The van der Waals surface area contributed by atoms with Gasteiger partial charge in [0.1, 0.15) is 5.69 Å². The maximum absolute atomic E-state index is 12.8. The van der Waals surface area contributed by atoms with Crippen LogP contribution in [0.1, 0.15) is 36.7 Å². The molecule has 3 amide bonds. The fourth-order valence-electron chi connectivity index (χ4n) is 3.67. The zero-order valence-corrected chi connectivity index (χ0v) is 14.7. The molecular formula is C18H26N4O3.